The van der Waals surface area contributed by atoms with Gasteiger partial charge in [0.05, 0.1) is 7.11 Å². The maximum atomic E-state index is 13.0. The van der Waals surface area contributed by atoms with Crippen LogP contribution in [0, 0.1) is 0 Å². The molecule has 7 nitrogen and oxygen atoms in total. The number of hydrogen-bond acceptors (Lipinski definition) is 5. The molecular weight excluding hydrogens is 354 g/mol. The van der Waals surface area contributed by atoms with Crippen LogP contribution in [0.4, 0.5) is 0 Å². The van der Waals surface area contributed by atoms with Gasteiger partial charge in [0.1, 0.15) is 10.6 Å². The fourth-order valence-corrected chi connectivity index (χ4v) is 4.59. The highest BCUT2D eigenvalue weighted by atomic mass is 32.2. The maximum Gasteiger partial charge on any atom is 0.254 e. The molecule has 0 saturated carbocycles. The Morgan fingerprint density at radius 2 is 1.88 bits per heavy atom. The zero-order valence-electron chi connectivity index (χ0n) is 16.3. The smallest absolute Gasteiger partial charge is 0.254 e. The molecular formula is C18H29N3O4S. The molecule has 1 heterocycles. The average molecular weight is 384 g/mol. The van der Waals surface area contributed by atoms with Gasteiger partial charge in [0.25, 0.3) is 5.91 Å². The normalized spacial score (nSPS) is 21.9. The number of amides is 1. The number of likely N-dealkylation sites (N-methyl/N-ethyl adjacent to an activating group) is 1. The summed E-state index contributed by atoms with van der Waals surface area (Å²) < 4.78 is 33.0. The van der Waals surface area contributed by atoms with Gasteiger partial charge >= 0.3 is 0 Å². The number of benzene rings is 1. The lowest BCUT2D eigenvalue weighted by Gasteiger charge is -2.43. The van der Waals surface area contributed by atoms with Crippen LogP contribution in [-0.2, 0) is 10.0 Å². The first-order chi connectivity index (χ1) is 12.1. The molecule has 0 spiro atoms. The highest BCUT2D eigenvalue weighted by molar-refractivity contribution is 7.89. The minimum atomic E-state index is -3.78. The van der Waals surface area contributed by atoms with E-state index in [4.69, 9.17) is 4.74 Å². The number of hydrogen-bond donors (Lipinski definition) is 1. The van der Waals surface area contributed by atoms with E-state index in [1.54, 1.807) is 24.8 Å². The van der Waals surface area contributed by atoms with Crippen LogP contribution in [0.1, 0.15) is 38.1 Å². The molecule has 1 fully saturated rings. The lowest BCUT2D eigenvalue weighted by atomic mass is 10.0. The van der Waals surface area contributed by atoms with Crippen LogP contribution in [0.15, 0.2) is 23.1 Å². The molecule has 2 rings (SSSR count). The van der Waals surface area contributed by atoms with Gasteiger partial charge in [-0.1, -0.05) is 0 Å². The highest BCUT2D eigenvalue weighted by Gasteiger charge is 2.32. The van der Waals surface area contributed by atoms with Crippen LogP contribution in [0.2, 0.25) is 0 Å². The predicted octanol–water partition coefficient (Wildman–Crippen LogP) is 1.55. The van der Waals surface area contributed by atoms with Gasteiger partial charge in [-0.05, 0) is 52.9 Å². The van der Waals surface area contributed by atoms with E-state index >= 15 is 0 Å². The number of carbonyl (C=O) groups is 1. The Kier molecular flexibility index (Phi) is 6.31. The molecule has 2 unspecified atom stereocenters. The molecule has 1 aromatic carbocycles. The predicted molar refractivity (Wildman–Crippen MR) is 101 cm³/mol. The molecule has 8 heteroatoms. The second-order valence-electron chi connectivity index (χ2n) is 7.10. The number of carbonyl (C=O) groups excluding carboxylic acids is 1. The average Bonchev–Trinajstić information content (AvgIpc) is 2.57. The molecule has 1 aromatic rings. The van der Waals surface area contributed by atoms with E-state index < -0.39 is 10.0 Å². The molecule has 0 bridgehead atoms. The molecule has 1 N–H and O–H groups in total. The van der Waals surface area contributed by atoms with Gasteiger partial charge in [-0.15, -0.1) is 0 Å². The Morgan fingerprint density at radius 1 is 1.23 bits per heavy atom. The van der Waals surface area contributed by atoms with Crippen LogP contribution in [-0.4, -0.2) is 69.5 Å². The first-order valence-corrected chi connectivity index (χ1v) is 10.3. The Morgan fingerprint density at radius 3 is 2.46 bits per heavy atom. The van der Waals surface area contributed by atoms with Crippen molar-refractivity contribution in [2.24, 2.45) is 0 Å². The van der Waals surface area contributed by atoms with Gasteiger partial charge in [-0.25, -0.2) is 13.1 Å². The van der Waals surface area contributed by atoms with Gasteiger partial charge in [-0.2, -0.15) is 0 Å². The molecule has 1 aliphatic heterocycles. The number of piperazine rings is 1. The summed E-state index contributed by atoms with van der Waals surface area (Å²) in [6.07, 6.45) is 0. The maximum absolute atomic E-state index is 13.0. The molecule has 1 saturated heterocycles. The summed E-state index contributed by atoms with van der Waals surface area (Å²) in [5.74, 6) is 0.0515. The van der Waals surface area contributed by atoms with E-state index in [9.17, 15) is 13.2 Å². The van der Waals surface area contributed by atoms with Gasteiger partial charge in [-0.3, -0.25) is 9.69 Å². The summed E-state index contributed by atoms with van der Waals surface area (Å²) in [4.78, 5) is 17.0. The Hall–Kier alpha value is -1.64. The topological polar surface area (TPSA) is 79.0 Å². The molecule has 26 heavy (non-hydrogen) atoms. The fraction of sp³-hybridized carbons (Fsp3) is 0.611. The lowest BCUT2D eigenvalue weighted by molar-refractivity contribution is 0.0363. The Bertz CT molecular complexity index is 764. The number of nitrogens with one attached hydrogen (secondary N) is 1. The number of ether oxygens (including phenoxy) is 1. The van der Waals surface area contributed by atoms with Crippen LogP contribution < -0.4 is 9.46 Å². The molecule has 146 valence electrons. The number of nitrogens with zero attached hydrogens (tertiary/aromatic N) is 2. The number of sulfonamides is 1. The van der Waals surface area contributed by atoms with Crippen molar-refractivity contribution < 1.29 is 17.9 Å². The summed E-state index contributed by atoms with van der Waals surface area (Å²) in [5.41, 5.74) is 0.346. The van der Waals surface area contributed by atoms with Crippen molar-refractivity contribution in [1.29, 1.82) is 0 Å². The third-order valence-electron chi connectivity index (χ3n) is 4.93. The van der Waals surface area contributed by atoms with E-state index in [-0.39, 0.29) is 34.7 Å². The van der Waals surface area contributed by atoms with E-state index in [1.807, 2.05) is 14.0 Å². The number of rotatable bonds is 5. The van der Waals surface area contributed by atoms with Gasteiger partial charge in [0.2, 0.25) is 10.0 Å². The van der Waals surface area contributed by atoms with Crippen molar-refractivity contribution in [1.82, 2.24) is 14.5 Å². The molecule has 0 aliphatic carbocycles. The van der Waals surface area contributed by atoms with Crippen molar-refractivity contribution in [3.8, 4) is 5.75 Å². The molecule has 1 aliphatic rings. The molecule has 0 aromatic heterocycles. The summed E-state index contributed by atoms with van der Waals surface area (Å²) in [6.45, 7) is 8.98. The molecule has 2 atom stereocenters. The van der Waals surface area contributed by atoms with Crippen molar-refractivity contribution in [3.63, 3.8) is 0 Å². The number of methoxy groups -OCH3 is 1. The second kappa shape index (κ2) is 7.94. The van der Waals surface area contributed by atoms with Crippen molar-refractivity contribution >= 4 is 15.9 Å². The minimum Gasteiger partial charge on any atom is -0.495 e. The zero-order chi connectivity index (χ0) is 19.6. The lowest BCUT2D eigenvalue weighted by Crippen LogP contribution is -2.57. The van der Waals surface area contributed by atoms with Crippen molar-refractivity contribution in [3.05, 3.63) is 23.8 Å². The van der Waals surface area contributed by atoms with Crippen molar-refractivity contribution in [2.45, 2.75) is 50.7 Å². The van der Waals surface area contributed by atoms with E-state index in [1.165, 1.54) is 19.2 Å². The van der Waals surface area contributed by atoms with Crippen LogP contribution in [0.5, 0.6) is 5.75 Å². The monoisotopic (exact) mass is 383 g/mol. The van der Waals surface area contributed by atoms with E-state index in [0.717, 1.165) is 6.54 Å². The van der Waals surface area contributed by atoms with Crippen molar-refractivity contribution in [2.75, 3.05) is 27.2 Å². The van der Waals surface area contributed by atoms with Gasteiger partial charge in [0.15, 0.2) is 0 Å². The summed E-state index contributed by atoms with van der Waals surface area (Å²) in [6, 6.07) is 4.57. The second-order valence-corrected chi connectivity index (χ2v) is 8.78. The van der Waals surface area contributed by atoms with E-state index in [0.29, 0.717) is 12.1 Å². The standard InChI is InChI=1S/C18H29N3O4S/c1-12(2)19-26(23,24)17-11-15(7-8-16(17)25-6)18(22)21-10-9-20(5)13(3)14(21)4/h7-8,11-14,19H,9-10H2,1-6H3. The van der Waals surface area contributed by atoms with Crippen LogP contribution in [0.3, 0.4) is 0 Å². The quantitative estimate of drug-likeness (QED) is 0.835. The molecule has 1 amide bonds. The highest BCUT2D eigenvalue weighted by Crippen LogP contribution is 2.27. The largest absolute Gasteiger partial charge is 0.495 e. The van der Waals surface area contributed by atoms with Gasteiger partial charge in [0, 0.05) is 36.8 Å². The SMILES string of the molecule is COc1ccc(C(=O)N2CCN(C)C(C)C2C)cc1S(=O)(=O)NC(C)C. The summed E-state index contributed by atoms with van der Waals surface area (Å²) in [5, 5.41) is 0. The third kappa shape index (κ3) is 4.19. The fourth-order valence-electron chi connectivity index (χ4n) is 3.15. The van der Waals surface area contributed by atoms with Crippen LogP contribution >= 0.6 is 0 Å². The summed E-state index contributed by atoms with van der Waals surface area (Å²) >= 11 is 0. The zero-order valence-corrected chi connectivity index (χ0v) is 17.1. The Labute approximate surface area is 156 Å². The van der Waals surface area contributed by atoms with Gasteiger partial charge < -0.3 is 9.64 Å². The first kappa shape index (κ1) is 20.7. The minimum absolute atomic E-state index is 0.0191. The van der Waals surface area contributed by atoms with E-state index in [2.05, 4.69) is 16.5 Å². The third-order valence-corrected chi connectivity index (χ3v) is 6.61. The van der Waals surface area contributed by atoms with Crippen LogP contribution in [0.25, 0.3) is 0 Å². The molecule has 0 radical (unpaired) electrons. The first-order valence-electron chi connectivity index (χ1n) is 8.80. The Balaban J connectivity index is 2.39. The summed E-state index contributed by atoms with van der Waals surface area (Å²) in [7, 11) is -0.324.